The third kappa shape index (κ3) is 3.60. The summed E-state index contributed by atoms with van der Waals surface area (Å²) < 4.78 is 0. The highest BCUT2D eigenvalue weighted by Crippen LogP contribution is 2.17. The third-order valence-electron chi connectivity index (χ3n) is 2.97. The van der Waals surface area contributed by atoms with E-state index in [1.165, 1.54) is 0 Å². The Morgan fingerprint density at radius 3 is 3.06 bits per heavy atom. The lowest BCUT2D eigenvalue weighted by atomic mass is 10.1. The fourth-order valence-corrected chi connectivity index (χ4v) is 1.92. The molecule has 1 aromatic carbocycles. The lowest BCUT2D eigenvalue weighted by molar-refractivity contribution is 0.472. The molecule has 1 unspecified atom stereocenters. The number of aryl methyl sites for hydroxylation is 1. The molecule has 18 heavy (non-hydrogen) atoms. The fourth-order valence-electron chi connectivity index (χ4n) is 1.92. The molecule has 0 saturated heterocycles. The van der Waals surface area contributed by atoms with Crippen molar-refractivity contribution in [3.63, 3.8) is 0 Å². The topological polar surface area (TPSA) is 60.9 Å². The number of imidazole rings is 1. The first kappa shape index (κ1) is 12.6. The van der Waals surface area contributed by atoms with Crippen molar-refractivity contribution in [1.29, 1.82) is 0 Å². The van der Waals surface area contributed by atoms with Gasteiger partial charge in [0.05, 0.1) is 0 Å². The van der Waals surface area contributed by atoms with Gasteiger partial charge >= 0.3 is 0 Å². The van der Waals surface area contributed by atoms with E-state index in [1.54, 1.807) is 18.3 Å². The maximum Gasteiger partial charge on any atom is 0.115 e. The quantitative estimate of drug-likeness (QED) is 0.685. The molecular formula is C14H19N3O. The van der Waals surface area contributed by atoms with E-state index < -0.39 is 0 Å². The van der Waals surface area contributed by atoms with E-state index in [-0.39, 0.29) is 6.04 Å². The van der Waals surface area contributed by atoms with E-state index in [0.717, 1.165) is 30.8 Å². The van der Waals surface area contributed by atoms with Gasteiger partial charge in [0.25, 0.3) is 0 Å². The van der Waals surface area contributed by atoms with Crippen LogP contribution in [0, 0.1) is 0 Å². The first-order valence-electron chi connectivity index (χ1n) is 6.26. The molecule has 1 aromatic heterocycles. The Labute approximate surface area is 107 Å². The van der Waals surface area contributed by atoms with Gasteiger partial charge in [-0.05, 0) is 37.6 Å². The number of aromatic nitrogens is 2. The number of aromatic hydroxyl groups is 1. The summed E-state index contributed by atoms with van der Waals surface area (Å²) in [6.07, 6.45) is 5.61. The highest BCUT2D eigenvalue weighted by atomic mass is 16.3. The molecule has 0 spiro atoms. The van der Waals surface area contributed by atoms with Crippen LogP contribution in [0.25, 0.3) is 0 Å². The molecule has 0 fully saturated rings. The molecule has 0 saturated carbocycles. The second kappa shape index (κ2) is 6.21. The van der Waals surface area contributed by atoms with Crippen LogP contribution in [0.2, 0.25) is 0 Å². The number of hydrogen-bond donors (Lipinski definition) is 3. The molecule has 1 heterocycles. The van der Waals surface area contributed by atoms with Crippen molar-refractivity contribution in [2.75, 3.05) is 6.54 Å². The van der Waals surface area contributed by atoms with Crippen molar-refractivity contribution in [3.05, 3.63) is 48.0 Å². The van der Waals surface area contributed by atoms with E-state index >= 15 is 0 Å². The van der Waals surface area contributed by atoms with Crippen LogP contribution >= 0.6 is 0 Å². The second-order valence-corrected chi connectivity index (χ2v) is 4.41. The highest BCUT2D eigenvalue weighted by Gasteiger charge is 2.04. The van der Waals surface area contributed by atoms with Gasteiger partial charge in [-0.1, -0.05) is 12.1 Å². The van der Waals surface area contributed by atoms with E-state index in [0.29, 0.717) is 5.75 Å². The van der Waals surface area contributed by atoms with Crippen molar-refractivity contribution in [1.82, 2.24) is 15.3 Å². The van der Waals surface area contributed by atoms with Crippen molar-refractivity contribution >= 4 is 0 Å². The molecule has 4 heteroatoms. The van der Waals surface area contributed by atoms with Crippen LogP contribution < -0.4 is 5.32 Å². The number of aromatic amines is 1. The zero-order valence-electron chi connectivity index (χ0n) is 10.6. The fraction of sp³-hybridized carbons (Fsp3) is 0.357. The molecule has 0 aliphatic carbocycles. The summed E-state index contributed by atoms with van der Waals surface area (Å²) >= 11 is 0. The zero-order valence-corrected chi connectivity index (χ0v) is 10.6. The summed E-state index contributed by atoms with van der Waals surface area (Å²) in [5.41, 5.74) is 1.10. The molecule has 0 aliphatic rings. The lowest BCUT2D eigenvalue weighted by Crippen LogP contribution is -2.20. The van der Waals surface area contributed by atoms with Gasteiger partial charge < -0.3 is 15.4 Å². The predicted molar refractivity (Wildman–Crippen MR) is 71.4 cm³/mol. The molecule has 3 N–H and O–H groups in total. The Kier molecular flexibility index (Phi) is 4.36. The summed E-state index contributed by atoms with van der Waals surface area (Å²) in [6, 6.07) is 7.61. The van der Waals surface area contributed by atoms with Crippen LogP contribution in [-0.4, -0.2) is 21.6 Å². The molecule has 1 atom stereocenters. The highest BCUT2D eigenvalue weighted by molar-refractivity contribution is 5.28. The normalized spacial score (nSPS) is 12.5. The van der Waals surface area contributed by atoms with E-state index in [9.17, 15) is 5.11 Å². The van der Waals surface area contributed by atoms with Crippen LogP contribution in [0.15, 0.2) is 36.7 Å². The number of rotatable bonds is 6. The maximum absolute atomic E-state index is 9.42. The lowest BCUT2D eigenvalue weighted by Gasteiger charge is -2.14. The minimum Gasteiger partial charge on any atom is -0.508 e. The van der Waals surface area contributed by atoms with Gasteiger partial charge in [0.1, 0.15) is 11.6 Å². The summed E-state index contributed by atoms with van der Waals surface area (Å²) in [4.78, 5) is 7.28. The number of benzene rings is 1. The SMILES string of the molecule is CC(NCCCc1ncc[nH]1)c1cccc(O)c1. The van der Waals surface area contributed by atoms with Crippen LogP contribution in [0.1, 0.15) is 30.8 Å². The van der Waals surface area contributed by atoms with Crippen LogP contribution in [-0.2, 0) is 6.42 Å². The molecule has 0 bridgehead atoms. The first-order valence-corrected chi connectivity index (χ1v) is 6.26. The number of H-pyrrole nitrogens is 1. The van der Waals surface area contributed by atoms with Gasteiger partial charge in [-0.3, -0.25) is 0 Å². The van der Waals surface area contributed by atoms with Crippen LogP contribution in [0.3, 0.4) is 0 Å². The van der Waals surface area contributed by atoms with Gasteiger partial charge in [-0.25, -0.2) is 4.98 Å². The van der Waals surface area contributed by atoms with E-state index in [4.69, 9.17) is 0 Å². The Morgan fingerprint density at radius 2 is 2.33 bits per heavy atom. The Morgan fingerprint density at radius 1 is 1.44 bits per heavy atom. The number of phenols is 1. The molecule has 0 radical (unpaired) electrons. The van der Waals surface area contributed by atoms with Crippen molar-refractivity contribution in [2.24, 2.45) is 0 Å². The number of nitrogens with one attached hydrogen (secondary N) is 2. The summed E-state index contributed by atoms with van der Waals surface area (Å²) in [5.74, 6) is 1.35. The standard InChI is InChI=1S/C14H19N3O/c1-11(12-4-2-5-13(18)10-12)15-7-3-6-14-16-8-9-17-14/h2,4-5,8-11,15,18H,3,6-7H2,1H3,(H,16,17). The minimum absolute atomic E-state index is 0.244. The third-order valence-corrected chi connectivity index (χ3v) is 2.97. The molecular weight excluding hydrogens is 226 g/mol. The Balaban J connectivity index is 1.73. The monoisotopic (exact) mass is 245 g/mol. The van der Waals surface area contributed by atoms with Crippen LogP contribution in [0.5, 0.6) is 5.75 Å². The van der Waals surface area contributed by atoms with Gasteiger partial charge in [0.2, 0.25) is 0 Å². The second-order valence-electron chi connectivity index (χ2n) is 4.41. The Hall–Kier alpha value is -1.81. The van der Waals surface area contributed by atoms with Gasteiger partial charge in [0.15, 0.2) is 0 Å². The minimum atomic E-state index is 0.244. The van der Waals surface area contributed by atoms with Gasteiger partial charge in [-0.15, -0.1) is 0 Å². The first-order chi connectivity index (χ1) is 8.75. The van der Waals surface area contributed by atoms with Gasteiger partial charge in [-0.2, -0.15) is 0 Å². The predicted octanol–water partition coefficient (Wildman–Crippen LogP) is 2.40. The molecule has 0 aliphatic heterocycles. The average Bonchev–Trinajstić information content (AvgIpc) is 2.87. The maximum atomic E-state index is 9.42. The number of phenolic OH excluding ortho intramolecular Hbond substituents is 1. The largest absolute Gasteiger partial charge is 0.508 e. The van der Waals surface area contributed by atoms with Crippen molar-refractivity contribution in [3.8, 4) is 5.75 Å². The van der Waals surface area contributed by atoms with E-state index in [2.05, 4.69) is 22.2 Å². The molecule has 0 amide bonds. The van der Waals surface area contributed by atoms with Gasteiger partial charge in [0, 0.05) is 24.9 Å². The van der Waals surface area contributed by atoms with Crippen LogP contribution in [0.4, 0.5) is 0 Å². The summed E-state index contributed by atoms with van der Waals surface area (Å²) in [5, 5.41) is 12.9. The molecule has 2 rings (SSSR count). The Bertz CT molecular complexity index is 468. The summed E-state index contributed by atoms with van der Waals surface area (Å²) in [7, 11) is 0. The number of hydrogen-bond acceptors (Lipinski definition) is 3. The van der Waals surface area contributed by atoms with E-state index in [1.807, 2.05) is 18.3 Å². The molecule has 4 nitrogen and oxygen atoms in total. The average molecular weight is 245 g/mol. The molecule has 2 aromatic rings. The summed E-state index contributed by atoms with van der Waals surface area (Å²) in [6.45, 7) is 3.03. The number of nitrogens with zero attached hydrogens (tertiary/aromatic N) is 1. The van der Waals surface area contributed by atoms with Crippen molar-refractivity contribution in [2.45, 2.75) is 25.8 Å². The van der Waals surface area contributed by atoms with Crippen molar-refractivity contribution < 1.29 is 5.11 Å². The smallest absolute Gasteiger partial charge is 0.115 e. The molecule has 96 valence electrons. The zero-order chi connectivity index (χ0) is 12.8.